The average molecular weight is 193 g/mol. The summed E-state index contributed by atoms with van der Waals surface area (Å²) in [6.45, 7) is 4.38. The molecule has 0 spiro atoms. The Labute approximate surface area is 83.7 Å². The van der Waals surface area contributed by atoms with Crippen molar-refractivity contribution >= 4 is 0 Å². The maximum Gasteiger partial charge on any atom is 0.115 e. The molecule has 0 amide bonds. The number of hydrogen-bond donors (Lipinski definition) is 2. The van der Waals surface area contributed by atoms with E-state index in [0.29, 0.717) is 12.4 Å². The highest BCUT2D eigenvalue weighted by molar-refractivity contribution is 5.36. The fourth-order valence-corrected chi connectivity index (χ4v) is 1.77. The lowest BCUT2D eigenvalue weighted by molar-refractivity contribution is 0.0766. The molecule has 0 bridgehead atoms. The zero-order valence-corrected chi connectivity index (χ0v) is 8.29. The van der Waals surface area contributed by atoms with Crippen LogP contribution in [-0.4, -0.2) is 24.9 Å². The molecule has 1 unspecified atom stereocenters. The van der Waals surface area contributed by atoms with Crippen LogP contribution in [0.25, 0.3) is 0 Å². The van der Waals surface area contributed by atoms with Gasteiger partial charge in [0.15, 0.2) is 0 Å². The van der Waals surface area contributed by atoms with Crippen LogP contribution in [0.4, 0.5) is 0 Å². The van der Waals surface area contributed by atoms with E-state index in [-0.39, 0.29) is 6.04 Å². The fraction of sp³-hybridized carbons (Fsp3) is 0.455. The Kier molecular flexibility index (Phi) is 2.70. The Balaban J connectivity index is 2.24. The first-order chi connectivity index (χ1) is 6.77. The number of aromatic hydroxyl groups is 1. The van der Waals surface area contributed by atoms with Gasteiger partial charge in [-0.1, -0.05) is 6.07 Å². The van der Waals surface area contributed by atoms with Gasteiger partial charge in [0.2, 0.25) is 0 Å². The normalized spacial score (nSPS) is 22.2. The van der Waals surface area contributed by atoms with E-state index in [0.717, 1.165) is 18.7 Å². The second kappa shape index (κ2) is 3.98. The molecule has 0 aromatic heterocycles. The van der Waals surface area contributed by atoms with E-state index in [1.165, 1.54) is 5.56 Å². The van der Waals surface area contributed by atoms with Crippen molar-refractivity contribution in [3.63, 3.8) is 0 Å². The minimum Gasteiger partial charge on any atom is -0.508 e. The number of phenolic OH excluding ortho intramolecular Hbond substituents is 1. The van der Waals surface area contributed by atoms with Crippen molar-refractivity contribution in [1.29, 1.82) is 0 Å². The summed E-state index contributed by atoms with van der Waals surface area (Å²) in [6.07, 6.45) is 0. The first-order valence-electron chi connectivity index (χ1n) is 4.88. The monoisotopic (exact) mass is 193 g/mol. The van der Waals surface area contributed by atoms with E-state index in [1.807, 2.05) is 19.1 Å². The number of benzene rings is 1. The minimum absolute atomic E-state index is 0.218. The van der Waals surface area contributed by atoms with Gasteiger partial charge < -0.3 is 15.2 Å². The SMILES string of the molecule is Cc1ccc(O)cc1C1COCCN1. The molecular weight excluding hydrogens is 178 g/mol. The minimum atomic E-state index is 0.218. The second-order valence-corrected chi connectivity index (χ2v) is 3.62. The van der Waals surface area contributed by atoms with Gasteiger partial charge >= 0.3 is 0 Å². The molecule has 1 atom stereocenters. The van der Waals surface area contributed by atoms with Gasteiger partial charge in [-0.25, -0.2) is 0 Å². The van der Waals surface area contributed by atoms with Crippen molar-refractivity contribution < 1.29 is 9.84 Å². The van der Waals surface area contributed by atoms with E-state index in [1.54, 1.807) is 6.07 Å². The van der Waals surface area contributed by atoms with Crippen LogP contribution in [0, 0.1) is 6.92 Å². The topological polar surface area (TPSA) is 41.5 Å². The van der Waals surface area contributed by atoms with E-state index < -0.39 is 0 Å². The summed E-state index contributed by atoms with van der Waals surface area (Å²) in [5.41, 5.74) is 2.32. The van der Waals surface area contributed by atoms with Crippen LogP contribution in [0.1, 0.15) is 17.2 Å². The highest BCUT2D eigenvalue weighted by Gasteiger charge is 2.17. The molecule has 3 heteroatoms. The third-order valence-electron chi connectivity index (χ3n) is 2.56. The van der Waals surface area contributed by atoms with Gasteiger partial charge in [0.05, 0.1) is 19.3 Å². The quantitative estimate of drug-likeness (QED) is 0.707. The van der Waals surface area contributed by atoms with Crippen LogP contribution < -0.4 is 5.32 Å². The molecule has 1 fully saturated rings. The lowest BCUT2D eigenvalue weighted by Crippen LogP contribution is -2.34. The van der Waals surface area contributed by atoms with Gasteiger partial charge in [0.1, 0.15) is 5.75 Å². The molecule has 1 aliphatic heterocycles. The molecular formula is C11H15NO2. The lowest BCUT2D eigenvalue weighted by atomic mass is 10.0. The molecule has 1 aromatic rings. The Morgan fingerprint density at radius 3 is 3.07 bits per heavy atom. The van der Waals surface area contributed by atoms with Gasteiger partial charge in [-0.3, -0.25) is 0 Å². The summed E-state index contributed by atoms with van der Waals surface area (Å²) in [5.74, 6) is 0.318. The first kappa shape index (κ1) is 9.49. The van der Waals surface area contributed by atoms with Gasteiger partial charge in [0, 0.05) is 6.54 Å². The largest absolute Gasteiger partial charge is 0.508 e. The third-order valence-corrected chi connectivity index (χ3v) is 2.56. The van der Waals surface area contributed by atoms with Gasteiger partial charge in [-0.15, -0.1) is 0 Å². The molecule has 1 aromatic carbocycles. The number of hydrogen-bond acceptors (Lipinski definition) is 3. The fourth-order valence-electron chi connectivity index (χ4n) is 1.77. The number of nitrogens with one attached hydrogen (secondary N) is 1. The van der Waals surface area contributed by atoms with E-state index in [2.05, 4.69) is 5.32 Å². The van der Waals surface area contributed by atoms with Crippen LogP contribution in [0.15, 0.2) is 18.2 Å². The van der Waals surface area contributed by atoms with Crippen molar-refractivity contribution in [1.82, 2.24) is 5.32 Å². The third kappa shape index (κ3) is 1.89. The Bertz CT molecular complexity index is 319. The molecule has 3 nitrogen and oxygen atoms in total. The van der Waals surface area contributed by atoms with E-state index in [4.69, 9.17) is 4.74 Å². The second-order valence-electron chi connectivity index (χ2n) is 3.62. The van der Waals surface area contributed by atoms with E-state index >= 15 is 0 Å². The summed E-state index contributed by atoms with van der Waals surface area (Å²) in [6, 6.07) is 5.67. The predicted octanol–water partition coefficient (Wildman–Crippen LogP) is 1.36. The van der Waals surface area contributed by atoms with Crippen LogP contribution in [0.5, 0.6) is 5.75 Å². The summed E-state index contributed by atoms with van der Waals surface area (Å²) in [5, 5.41) is 12.8. The lowest BCUT2D eigenvalue weighted by Gasteiger charge is -2.25. The van der Waals surface area contributed by atoms with Crippen LogP contribution in [-0.2, 0) is 4.74 Å². The van der Waals surface area contributed by atoms with E-state index in [9.17, 15) is 5.11 Å². The van der Waals surface area contributed by atoms with Crippen molar-refractivity contribution in [2.24, 2.45) is 0 Å². The smallest absolute Gasteiger partial charge is 0.115 e. The molecule has 1 heterocycles. The molecule has 14 heavy (non-hydrogen) atoms. The predicted molar refractivity (Wildman–Crippen MR) is 54.4 cm³/mol. The maximum absolute atomic E-state index is 9.40. The van der Waals surface area contributed by atoms with Gasteiger partial charge in [0.25, 0.3) is 0 Å². The molecule has 76 valence electrons. The number of phenols is 1. The summed E-state index contributed by atoms with van der Waals surface area (Å²) >= 11 is 0. The highest BCUT2D eigenvalue weighted by atomic mass is 16.5. The summed E-state index contributed by atoms with van der Waals surface area (Å²) in [4.78, 5) is 0. The summed E-state index contributed by atoms with van der Waals surface area (Å²) in [7, 11) is 0. The number of aryl methyl sites for hydroxylation is 1. The number of rotatable bonds is 1. The van der Waals surface area contributed by atoms with Crippen LogP contribution in [0.3, 0.4) is 0 Å². The Morgan fingerprint density at radius 1 is 1.50 bits per heavy atom. The van der Waals surface area contributed by atoms with Crippen LogP contribution in [0.2, 0.25) is 0 Å². The summed E-state index contributed by atoms with van der Waals surface area (Å²) < 4.78 is 5.39. The zero-order chi connectivity index (χ0) is 9.97. The van der Waals surface area contributed by atoms with Gasteiger partial charge in [-0.05, 0) is 30.2 Å². The maximum atomic E-state index is 9.40. The molecule has 0 saturated carbocycles. The molecule has 2 rings (SSSR count). The standard InChI is InChI=1S/C11H15NO2/c1-8-2-3-9(13)6-10(8)11-7-14-5-4-12-11/h2-3,6,11-13H,4-5,7H2,1H3. The number of morpholine rings is 1. The van der Waals surface area contributed by atoms with Crippen molar-refractivity contribution in [2.45, 2.75) is 13.0 Å². The van der Waals surface area contributed by atoms with Crippen molar-refractivity contribution in [2.75, 3.05) is 19.8 Å². The Morgan fingerprint density at radius 2 is 2.36 bits per heavy atom. The number of ether oxygens (including phenoxy) is 1. The zero-order valence-electron chi connectivity index (χ0n) is 8.29. The molecule has 1 aliphatic rings. The average Bonchev–Trinajstić information content (AvgIpc) is 2.23. The molecule has 1 saturated heterocycles. The molecule has 2 N–H and O–H groups in total. The highest BCUT2D eigenvalue weighted by Crippen LogP contribution is 2.23. The van der Waals surface area contributed by atoms with Crippen molar-refractivity contribution in [3.05, 3.63) is 29.3 Å². The molecule has 0 radical (unpaired) electrons. The Hall–Kier alpha value is -1.06. The van der Waals surface area contributed by atoms with Crippen LogP contribution >= 0.6 is 0 Å². The molecule has 0 aliphatic carbocycles. The van der Waals surface area contributed by atoms with Crippen molar-refractivity contribution in [3.8, 4) is 5.75 Å². The first-order valence-corrected chi connectivity index (χ1v) is 4.88. The van der Waals surface area contributed by atoms with Gasteiger partial charge in [-0.2, -0.15) is 0 Å².